The van der Waals surface area contributed by atoms with E-state index in [0.717, 1.165) is 24.2 Å². The maximum atomic E-state index is 10.8. The third-order valence-corrected chi connectivity index (χ3v) is 1.90. The molecule has 2 heteroatoms. The van der Waals surface area contributed by atoms with Crippen molar-refractivity contribution >= 4 is 5.78 Å². The van der Waals surface area contributed by atoms with Gasteiger partial charge in [-0.05, 0) is 18.9 Å². The van der Waals surface area contributed by atoms with E-state index < -0.39 is 0 Å². The molecule has 0 saturated carbocycles. The van der Waals surface area contributed by atoms with E-state index >= 15 is 0 Å². The maximum absolute atomic E-state index is 10.8. The monoisotopic (exact) mass is 196 g/mol. The summed E-state index contributed by atoms with van der Waals surface area (Å²) in [5, 5.41) is 0. The number of methoxy groups -OCH3 is 1. The fourth-order valence-corrected chi connectivity index (χ4v) is 1.35. The molecule has 0 aromatic rings. The van der Waals surface area contributed by atoms with Gasteiger partial charge in [-0.1, -0.05) is 26.0 Å². The summed E-state index contributed by atoms with van der Waals surface area (Å²) in [7, 11) is 1.66. The van der Waals surface area contributed by atoms with Crippen LogP contribution in [-0.4, -0.2) is 12.9 Å². The second kappa shape index (κ2) is 7.36. The largest absolute Gasteiger partial charge is 0.501 e. The highest BCUT2D eigenvalue weighted by atomic mass is 16.5. The van der Waals surface area contributed by atoms with Crippen LogP contribution in [0.4, 0.5) is 0 Å². The highest BCUT2D eigenvalue weighted by molar-refractivity contribution is 5.79. The lowest BCUT2D eigenvalue weighted by molar-refractivity contribution is -0.116. The Labute approximate surface area is 86.6 Å². The molecule has 0 bridgehead atoms. The second-order valence-corrected chi connectivity index (χ2v) is 2.97. The van der Waals surface area contributed by atoms with E-state index in [2.05, 4.69) is 6.08 Å². The molecule has 1 aliphatic carbocycles. The fourth-order valence-electron chi connectivity index (χ4n) is 1.35. The molecule has 0 aromatic heterocycles. The Kier molecular flexibility index (Phi) is 6.81. The fraction of sp³-hybridized carbons (Fsp3) is 0.583. The molecular weight excluding hydrogens is 176 g/mol. The van der Waals surface area contributed by atoms with E-state index in [1.807, 2.05) is 19.9 Å². The molecule has 0 spiro atoms. The van der Waals surface area contributed by atoms with Gasteiger partial charge >= 0.3 is 0 Å². The molecular formula is C12H20O2. The molecule has 0 aliphatic heterocycles. The Morgan fingerprint density at radius 2 is 2.14 bits per heavy atom. The van der Waals surface area contributed by atoms with Crippen LogP contribution in [0.2, 0.25) is 0 Å². The van der Waals surface area contributed by atoms with Crippen LogP contribution in [-0.2, 0) is 9.53 Å². The number of allylic oxidation sites excluding steroid dienone is 4. The zero-order chi connectivity index (χ0) is 11.0. The molecule has 1 rings (SSSR count). The first-order valence-electron chi connectivity index (χ1n) is 5.16. The molecule has 0 heterocycles. The van der Waals surface area contributed by atoms with E-state index in [1.165, 1.54) is 0 Å². The number of hydrogen-bond donors (Lipinski definition) is 0. The molecule has 0 radical (unpaired) electrons. The molecule has 0 atom stereocenters. The van der Waals surface area contributed by atoms with Crippen molar-refractivity contribution in [1.82, 2.24) is 0 Å². The van der Waals surface area contributed by atoms with Crippen LogP contribution in [0.3, 0.4) is 0 Å². The molecule has 0 unspecified atom stereocenters. The van der Waals surface area contributed by atoms with E-state index in [-0.39, 0.29) is 5.78 Å². The number of carbonyl (C=O) groups is 1. The Bertz CT molecular complexity index is 237. The average molecular weight is 196 g/mol. The molecule has 2 nitrogen and oxygen atoms in total. The average Bonchev–Trinajstić information content (AvgIpc) is 2.21. The lowest BCUT2D eigenvalue weighted by Crippen LogP contribution is -2.01. The van der Waals surface area contributed by atoms with Gasteiger partial charge in [-0.3, -0.25) is 4.79 Å². The summed E-state index contributed by atoms with van der Waals surface area (Å²) in [6, 6.07) is 0. The lowest BCUT2D eigenvalue weighted by atomic mass is 10.0. The number of carbonyl (C=O) groups excluding carboxylic acids is 1. The summed E-state index contributed by atoms with van der Waals surface area (Å²) in [4.78, 5) is 10.8. The van der Waals surface area contributed by atoms with Crippen molar-refractivity contribution in [2.75, 3.05) is 7.11 Å². The van der Waals surface area contributed by atoms with Gasteiger partial charge in [-0.25, -0.2) is 0 Å². The van der Waals surface area contributed by atoms with Crippen molar-refractivity contribution < 1.29 is 9.53 Å². The van der Waals surface area contributed by atoms with Gasteiger partial charge in [0.05, 0.1) is 12.9 Å². The van der Waals surface area contributed by atoms with Gasteiger partial charge < -0.3 is 4.74 Å². The van der Waals surface area contributed by atoms with Crippen LogP contribution in [0.1, 0.15) is 40.0 Å². The first kappa shape index (κ1) is 12.9. The smallest absolute Gasteiger partial charge is 0.134 e. The van der Waals surface area contributed by atoms with Gasteiger partial charge in [-0.2, -0.15) is 0 Å². The number of ketones is 1. The number of rotatable bonds is 3. The molecule has 0 N–H and O–H groups in total. The lowest BCUT2D eigenvalue weighted by Gasteiger charge is -2.13. The molecule has 0 saturated heterocycles. The number of hydrogen-bond acceptors (Lipinski definition) is 2. The molecule has 0 aromatic carbocycles. The van der Waals surface area contributed by atoms with Gasteiger partial charge in [0, 0.05) is 12.8 Å². The summed E-state index contributed by atoms with van der Waals surface area (Å²) in [6.07, 6.45) is 6.52. The number of Topliss-reactive ketones (excluding diaryl/α,β-unsaturated/α-hetero) is 1. The zero-order valence-corrected chi connectivity index (χ0v) is 9.59. The Balaban J connectivity index is 0.000000791. The van der Waals surface area contributed by atoms with Crippen LogP contribution in [0.5, 0.6) is 0 Å². The molecule has 80 valence electrons. The summed E-state index contributed by atoms with van der Waals surface area (Å²) in [5.74, 6) is 1.15. The quantitative estimate of drug-likeness (QED) is 0.692. The van der Waals surface area contributed by atoms with Gasteiger partial charge in [0.25, 0.3) is 0 Å². The topological polar surface area (TPSA) is 26.3 Å². The van der Waals surface area contributed by atoms with E-state index in [0.29, 0.717) is 6.42 Å². The van der Waals surface area contributed by atoms with E-state index in [9.17, 15) is 4.79 Å². The summed E-state index contributed by atoms with van der Waals surface area (Å²) in [5.41, 5.74) is 1.04. The standard InChI is InChI=1S/C10H14O2.C2H6/c1-8(11)7-9-5-3-4-6-10(9)12-2;1-2/h3,5H,4,6-7H2,1-2H3;1-2H3. The van der Waals surface area contributed by atoms with Crippen molar-refractivity contribution in [3.63, 3.8) is 0 Å². The summed E-state index contributed by atoms with van der Waals surface area (Å²) < 4.78 is 5.18. The van der Waals surface area contributed by atoms with Gasteiger partial charge in [0.2, 0.25) is 0 Å². The molecule has 0 amide bonds. The van der Waals surface area contributed by atoms with Crippen molar-refractivity contribution in [1.29, 1.82) is 0 Å². The number of ether oxygens (including phenoxy) is 1. The predicted octanol–water partition coefficient (Wildman–Crippen LogP) is 3.24. The molecule has 0 fully saturated rings. The van der Waals surface area contributed by atoms with Crippen molar-refractivity contribution in [2.24, 2.45) is 0 Å². The third-order valence-electron chi connectivity index (χ3n) is 1.90. The first-order valence-corrected chi connectivity index (χ1v) is 5.16. The van der Waals surface area contributed by atoms with E-state index in [4.69, 9.17) is 4.74 Å². The van der Waals surface area contributed by atoms with Crippen molar-refractivity contribution in [2.45, 2.75) is 40.0 Å². The third kappa shape index (κ3) is 4.26. The summed E-state index contributed by atoms with van der Waals surface area (Å²) >= 11 is 0. The first-order chi connectivity index (χ1) is 6.74. The van der Waals surface area contributed by atoms with Crippen LogP contribution in [0.15, 0.2) is 23.5 Å². The minimum atomic E-state index is 0.186. The van der Waals surface area contributed by atoms with Gasteiger partial charge in [0.1, 0.15) is 5.78 Å². The maximum Gasteiger partial charge on any atom is 0.134 e. The Morgan fingerprint density at radius 3 is 2.64 bits per heavy atom. The minimum Gasteiger partial charge on any atom is -0.501 e. The highest BCUT2D eigenvalue weighted by Gasteiger charge is 2.09. The molecule has 14 heavy (non-hydrogen) atoms. The van der Waals surface area contributed by atoms with Gasteiger partial charge in [-0.15, -0.1) is 0 Å². The van der Waals surface area contributed by atoms with Crippen LogP contribution >= 0.6 is 0 Å². The SMILES string of the molecule is CC.COC1=C(CC(C)=O)C=CCC1. The Morgan fingerprint density at radius 1 is 1.50 bits per heavy atom. The van der Waals surface area contributed by atoms with Crippen LogP contribution in [0, 0.1) is 0 Å². The Hall–Kier alpha value is -1.05. The normalized spacial score (nSPS) is 14.6. The molecule has 1 aliphatic rings. The van der Waals surface area contributed by atoms with Crippen LogP contribution < -0.4 is 0 Å². The van der Waals surface area contributed by atoms with Crippen LogP contribution in [0.25, 0.3) is 0 Å². The van der Waals surface area contributed by atoms with E-state index in [1.54, 1.807) is 14.0 Å². The minimum absolute atomic E-state index is 0.186. The van der Waals surface area contributed by atoms with Crippen molar-refractivity contribution in [3.05, 3.63) is 23.5 Å². The summed E-state index contributed by atoms with van der Waals surface area (Å²) in [6.45, 7) is 5.60. The van der Waals surface area contributed by atoms with Crippen molar-refractivity contribution in [3.8, 4) is 0 Å². The second-order valence-electron chi connectivity index (χ2n) is 2.97. The highest BCUT2D eigenvalue weighted by Crippen LogP contribution is 2.21. The zero-order valence-electron chi connectivity index (χ0n) is 9.59. The van der Waals surface area contributed by atoms with Gasteiger partial charge in [0.15, 0.2) is 0 Å². The predicted molar refractivity (Wildman–Crippen MR) is 59.1 cm³/mol.